The highest BCUT2D eigenvalue weighted by atomic mass is 127. The Morgan fingerprint density at radius 2 is 1.73 bits per heavy atom. The van der Waals surface area contributed by atoms with E-state index in [9.17, 15) is 13.2 Å². The van der Waals surface area contributed by atoms with Gasteiger partial charge in [-0.25, -0.2) is 4.98 Å². The Bertz CT molecular complexity index is 699. The molecule has 0 aliphatic rings. The van der Waals surface area contributed by atoms with E-state index in [1.807, 2.05) is 6.92 Å². The van der Waals surface area contributed by atoms with Crippen LogP contribution in [0.15, 0.2) is 34.6 Å². The van der Waals surface area contributed by atoms with Gasteiger partial charge in [-0.2, -0.15) is 13.2 Å². The lowest BCUT2D eigenvalue weighted by Crippen LogP contribution is -2.39. The van der Waals surface area contributed by atoms with Gasteiger partial charge in [0.25, 0.3) is 0 Å². The molecule has 0 unspecified atom stereocenters. The number of hydrogen-bond acceptors (Lipinski definition) is 3. The zero-order chi connectivity index (χ0) is 18.3. The summed E-state index contributed by atoms with van der Waals surface area (Å²) in [4.78, 5) is 7.71. The Labute approximate surface area is 172 Å². The molecule has 0 amide bonds. The Morgan fingerprint density at radius 3 is 2.27 bits per heavy atom. The van der Waals surface area contributed by atoms with Crippen molar-refractivity contribution < 1.29 is 13.2 Å². The van der Waals surface area contributed by atoms with Gasteiger partial charge in [0.1, 0.15) is 0 Å². The number of aryl methyl sites for hydroxylation is 1. The first kappa shape index (κ1) is 22.7. The number of guanidine groups is 1. The number of benzene rings is 1. The van der Waals surface area contributed by atoms with Crippen LogP contribution in [-0.2, 0) is 19.0 Å². The number of thiazole rings is 1. The quantitative estimate of drug-likeness (QED) is 0.359. The second-order valence-corrected chi connectivity index (χ2v) is 6.48. The maximum absolute atomic E-state index is 12.5. The maximum Gasteiger partial charge on any atom is 0.434 e. The third kappa shape index (κ3) is 7.48. The third-order valence-electron chi connectivity index (χ3n) is 3.52. The zero-order valence-corrected chi connectivity index (χ0v) is 17.7. The van der Waals surface area contributed by atoms with Gasteiger partial charge in [0, 0.05) is 31.9 Å². The van der Waals surface area contributed by atoms with E-state index in [1.54, 1.807) is 7.05 Å². The maximum atomic E-state index is 12.5. The fraction of sp³-hybridized carbons (Fsp3) is 0.412. The monoisotopic (exact) mass is 498 g/mol. The van der Waals surface area contributed by atoms with Crippen molar-refractivity contribution in [1.82, 2.24) is 15.6 Å². The summed E-state index contributed by atoms with van der Waals surface area (Å²) in [5, 5.41) is 7.77. The number of halogens is 4. The average molecular weight is 498 g/mol. The SMILES string of the molecule is CN=C(NCCc1ccc(C)cc1)NCCc1nc(C(F)(F)F)cs1.I. The first-order valence-electron chi connectivity index (χ1n) is 7.90. The largest absolute Gasteiger partial charge is 0.434 e. The average Bonchev–Trinajstić information content (AvgIpc) is 3.04. The molecule has 0 radical (unpaired) electrons. The lowest BCUT2D eigenvalue weighted by Gasteiger charge is -2.11. The number of aliphatic imine (C=N–C) groups is 1. The van der Waals surface area contributed by atoms with Gasteiger partial charge in [-0.3, -0.25) is 4.99 Å². The topological polar surface area (TPSA) is 49.3 Å². The number of alkyl halides is 3. The van der Waals surface area contributed by atoms with Gasteiger partial charge in [0.05, 0.1) is 5.01 Å². The fourth-order valence-corrected chi connectivity index (χ4v) is 2.95. The summed E-state index contributed by atoms with van der Waals surface area (Å²) < 4.78 is 37.5. The molecule has 2 N–H and O–H groups in total. The Hall–Kier alpha value is -1.36. The molecule has 1 aromatic heterocycles. The normalized spacial score (nSPS) is 11.8. The summed E-state index contributed by atoms with van der Waals surface area (Å²) in [5.74, 6) is 0.625. The van der Waals surface area contributed by atoms with E-state index in [0.717, 1.165) is 29.7 Å². The van der Waals surface area contributed by atoms with E-state index in [2.05, 4.69) is 44.9 Å². The van der Waals surface area contributed by atoms with Crippen LogP contribution >= 0.6 is 35.3 Å². The lowest BCUT2D eigenvalue weighted by atomic mass is 10.1. The number of nitrogens with one attached hydrogen (secondary N) is 2. The molecule has 0 aliphatic heterocycles. The molecule has 26 heavy (non-hydrogen) atoms. The molecule has 0 fully saturated rings. The minimum Gasteiger partial charge on any atom is -0.356 e. The number of nitrogens with zero attached hydrogens (tertiary/aromatic N) is 2. The van der Waals surface area contributed by atoms with E-state index < -0.39 is 11.9 Å². The highest BCUT2D eigenvalue weighted by Crippen LogP contribution is 2.29. The third-order valence-corrected chi connectivity index (χ3v) is 4.43. The van der Waals surface area contributed by atoms with E-state index in [0.29, 0.717) is 23.9 Å². The Morgan fingerprint density at radius 1 is 1.12 bits per heavy atom. The molecule has 0 spiro atoms. The van der Waals surface area contributed by atoms with Crippen molar-refractivity contribution in [3.8, 4) is 0 Å². The van der Waals surface area contributed by atoms with Crippen LogP contribution in [0.3, 0.4) is 0 Å². The van der Waals surface area contributed by atoms with E-state index in [-0.39, 0.29) is 24.0 Å². The summed E-state index contributed by atoms with van der Waals surface area (Å²) in [6.07, 6.45) is -3.10. The molecule has 0 saturated carbocycles. The first-order valence-corrected chi connectivity index (χ1v) is 8.78. The Balaban J connectivity index is 0.00000338. The molecule has 4 nitrogen and oxygen atoms in total. The molecule has 0 atom stereocenters. The standard InChI is InChI=1S/C17H21F3N4S.HI/c1-12-3-5-13(6-4-12)7-9-22-16(21-2)23-10-8-15-24-14(11-25-15)17(18,19)20;/h3-6,11H,7-10H2,1-2H3,(H2,21,22,23);1H. The van der Waals surface area contributed by atoms with Gasteiger partial charge >= 0.3 is 6.18 Å². The van der Waals surface area contributed by atoms with E-state index in [1.165, 1.54) is 11.1 Å². The minimum absolute atomic E-state index is 0. The van der Waals surface area contributed by atoms with E-state index >= 15 is 0 Å². The number of rotatable bonds is 6. The molecular formula is C17H22F3IN4S. The highest BCUT2D eigenvalue weighted by Gasteiger charge is 2.33. The van der Waals surface area contributed by atoms with Gasteiger partial charge in [0.2, 0.25) is 0 Å². The fourth-order valence-electron chi connectivity index (χ4n) is 2.14. The highest BCUT2D eigenvalue weighted by molar-refractivity contribution is 14.0. The van der Waals surface area contributed by atoms with Crippen LogP contribution in [0.4, 0.5) is 13.2 Å². The second-order valence-electron chi connectivity index (χ2n) is 5.54. The molecule has 2 aromatic rings. The predicted octanol–water partition coefficient (Wildman–Crippen LogP) is 4.04. The summed E-state index contributed by atoms with van der Waals surface area (Å²) in [6, 6.07) is 8.33. The number of hydrogen-bond donors (Lipinski definition) is 2. The van der Waals surface area contributed by atoms with Crippen LogP contribution in [0, 0.1) is 6.92 Å². The lowest BCUT2D eigenvalue weighted by molar-refractivity contribution is -0.140. The van der Waals surface area contributed by atoms with Crippen LogP contribution in [-0.4, -0.2) is 31.1 Å². The number of aromatic nitrogens is 1. The van der Waals surface area contributed by atoms with Crippen molar-refractivity contribution >= 4 is 41.3 Å². The molecule has 0 aliphatic carbocycles. The van der Waals surface area contributed by atoms with Gasteiger partial charge in [-0.05, 0) is 18.9 Å². The van der Waals surface area contributed by atoms with E-state index in [4.69, 9.17) is 0 Å². The zero-order valence-electron chi connectivity index (χ0n) is 14.6. The van der Waals surface area contributed by atoms with Crippen LogP contribution in [0.5, 0.6) is 0 Å². The van der Waals surface area contributed by atoms with Crippen molar-refractivity contribution in [1.29, 1.82) is 0 Å². The smallest absolute Gasteiger partial charge is 0.356 e. The van der Waals surface area contributed by atoms with Gasteiger partial charge in [-0.15, -0.1) is 35.3 Å². The van der Waals surface area contributed by atoms with Crippen molar-refractivity contribution in [2.45, 2.75) is 25.9 Å². The van der Waals surface area contributed by atoms with Crippen LogP contribution in [0.25, 0.3) is 0 Å². The molecule has 0 saturated heterocycles. The molecule has 1 heterocycles. The molecule has 2 rings (SSSR count). The van der Waals surface area contributed by atoms with Crippen LogP contribution in [0.1, 0.15) is 21.8 Å². The van der Waals surface area contributed by atoms with Gasteiger partial charge in [-0.1, -0.05) is 29.8 Å². The molecule has 0 bridgehead atoms. The van der Waals surface area contributed by atoms with Crippen molar-refractivity contribution in [2.24, 2.45) is 4.99 Å². The summed E-state index contributed by atoms with van der Waals surface area (Å²) >= 11 is 1.02. The second kappa shape index (κ2) is 10.7. The predicted molar refractivity (Wildman–Crippen MR) is 110 cm³/mol. The van der Waals surface area contributed by atoms with Crippen LogP contribution < -0.4 is 10.6 Å². The summed E-state index contributed by atoms with van der Waals surface area (Å²) in [5.41, 5.74) is 1.63. The van der Waals surface area contributed by atoms with Crippen LogP contribution in [0.2, 0.25) is 0 Å². The minimum atomic E-state index is -4.38. The van der Waals surface area contributed by atoms with Gasteiger partial charge < -0.3 is 10.6 Å². The molecule has 1 aromatic carbocycles. The molecule has 9 heteroatoms. The van der Waals surface area contributed by atoms with Crippen molar-refractivity contribution in [2.75, 3.05) is 20.1 Å². The van der Waals surface area contributed by atoms with Crippen molar-refractivity contribution in [3.63, 3.8) is 0 Å². The first-order chi connectivity index (χ1) is 11.9. The Kier molecular flexibility index (Phi) is 9.34. The molecular weight excluding hydrogens is 476 g/mol. The summed E-state index contributed by atoms with van der Waals surface area (Å²) in [6.45, 7) is 3.24. The van der Waals surface area contributed by atoms with Crippen molar-refractivity contribution in [3.05, 3.63) is 51.5 Å². The summed E-state index contributed by atoms with van der Waals surface area (Å²) in [7, 11) is 1.66. The molecule has 144 valence electrons. The van der Waals surface area contributed by atoms with Gasteiger partial charge in [0.15, 0.2) is 11.7 Å².